The first-order chi connectivity index (χ1) is 21.1. The van der Waals surface area contributed by atoms with Crippen LogP contribution in [-0.4, -0.2) is 89.4 Å². The summed E-state index contributed by atoms with van der Waals surface area (Å²) < 4.78 is 138. The van der Waals surface area contributed by atoms with Crippen molar-refractivity contribution in [3.8, 4) is 0 Å². The van der Waals surface area contributed by atoms with E-state index in [1.165, 1.54) is 44.2 Å². The van der Waals surface area contributed by atoms with Crippen molar-refractivity contribution in [1.29, 1.82) is 0 Å². The Kier molecular flexibility index (Phi) is 8.02. The second kappa shape index (κ2) is 10.9. The van der Waals surface area contributed by atoms with Crippen molar-refractivity contribution in [2.45, 2.75) is 91.1 Å². The molecule has 2 amide bonds. The van der Waals surface area contributed by atoms with Crippen molar-refractivity contribution in [3.05, 3.63) is 59.4 Å². The van der Waals surface area contributed by atoms with Crippen LogP contribution in [0.4, 0.5) is 35.1 Å². The maximum Gasteiger partial charge on any atom is 0.437 e. The predicted octanol–water partition coefficient (Wildman–Crippen LogP) is 4.30. The number of carbonyl (C=O) groups excluding carboxylic acids is 2. The standard InChI is InChI=1S/C29H29F8N3O5S/c1-25(2,43)15-40-20(14-18(30)23(40)41)24(42)39-13-12-26(46(44,45)16-6-4-3-5-7-16)17-8-10-21(38-19(17)9-11-22(26)39)27(31,28(32,33)34)29(35,36)37/h3-8,10,18,20,22,43H,9,11-15H2,1-2H3/t18-,20+,22?,26?/m1/s1. The smallest absolute Gasteiger partial charge is 0.389 e. The van der Waals surface area contributed by atoms with Gasteiger partial charge in [-0.05, 0) is 56.9 Å². The Morgan fingerprint density at radius 1 is 1.02 bits per heavy atom. The minimum absolute atomic E-state index is 0.156. The van der Waals surface area contributed by atoms with Crippen LogP contribution in [0, 0.1) is 0 Å². The second-order valence-electron chi connectivity index (χ2n) is 12.4. The Morgan fingerprint density at radius 2 is 1.63 bits per heavy atom. The molecule has 1 aromatic heterocycles. The van der Waals surface area contributed by atoms with E-state index in [9.17, 15) is 58.2 Å². The Morgan fingerprint density at radius 3 is 2.20 bits per heavy atom. The molecule has 3 heterocycles. The van der Waals surface area contributed by atoms with Gasteiger partial charge in [0, 0.05) is 25.2 Å². The molecule has 1 aliphatic carbocycles. The van der Waals surface area contributed by atoms with Gasteiger partial charge in [-0.1, -0.05) is 24.3 Å². The number of benzene rings is 1. The number of β-amino-alcohol motifs (C(OH)–C–C–N with tert-alkyl or cyclic N) is 1. The summed E-state index contributed by atoms with van der Waals surface area (Å²) in [5.74, 6) is -1.88. The summed E-state index contributed by atoms with van der Waals surface area (Å²) in [5.41, 5.74) is -10.2. The summed E-state index contributed by atoms with van der Waals surface area (Å²) in [5, 5.41) is 10.3. The average molecular weight is 684 g/mol. The molecule has 17 heteroatoms. The third kappa shape index (κ3) is 5.04. The average Bonchev–Trinajstić information content (AvgIpc) is 3.49. The topological polar surface area (TPSA) is 108 Å². The number of pyridine rings is 1. The van der Waals surface area contributed by atoms with Gasteiger partial charge >= 0.3 is 18.0 Å². The number of sulfone groups is 1. The van der Waals surface area contributed by atoms with E-state index in [1.54, 1.807) is 0 Å². The van der Waals surface area contributed by atoms with E-state index < -0.39 is 99.1 Å². The molecule has 252 valence electrons. The molecule has 0 saturated carbocycles. The maximum absolute atomic E-state index is 15.0. The number of nitrogens with zero attached hydrogens (tertiary/aromatic N) is 3. The van der Waals surface area contributed by atoms with Crippen LogP contribution >= 0.6 is 0 Å². The van der Waals surface area contributed by atoms with Crippen LogP contribution in [0.15, 0.2) is 47.4 Å². The van der Waals surface area contributed by atoms with E-state index >= 15 is 0 Å². The molecule has 2 saturated heterocycles. The molecule has 2 unspecified atom stereocenters. The molecule has 2 fully saturated rings. The number of hydrogen-bond donors (Lipinski definition) is 1. The fraction of sp³-hybridized carbons (Fsp3) is 0.552. The number of likely N-dealkylation sites (tertiary alicyclic amines) is 2. The minimum atomic E-state index is -6.45. The molecule has 8 nitrogen and oxygen atoms in total. The van der Waals surface area contributed by atoms with Crippen LogP contribution in [0.5, 0.6) is 0 Å². The molecular weight excluding hydrogens is 654 g/mol. The number of fused-ring (bicyclic) bond motifs is 3. The minimum Gasteiger partial charge on any atom is -0.389 e. The number of halogens is 8. The monoisotopic (exact) mass is 683 g/mol. The quantitative estimate of drug-likeness (QED) is 0.456. The molecule has 0 bridgehead atoms. The van der Waals surface area contributed by atoms with Crippen LogP contribution in [0.2, 0.25) is 0 Å². The molecule has 2 aliphatic heterocycles. The number of amides is 2. The van der Waals surface area contributed by atoms with Crippen molar-refractivity contribution in [1.82, 2.24) is 14.8 Å². The lowest BCUT2D eigenvalue weighted by molar-refractivity contribution is -0.350. The number of hydrogen-bond acceptors (Lipinski definition) is 6. The van der Waals surface area contributed by atoms with E-state index in [-0.39, 0.29) is 35.9 Å². The van der Waals surface area contributed by atoms with Crippen LogP contribution in [0.25, 0.3) is 0 Å². The summed E-state index contributed by atoms with van der Waals surface area (Å²) >= 11 is 0. The molecule has 0 spiro atoms. The van der Waals surface area contributed by atoms with Gasteiger partial charge in [0.1, 0.15) is 10.8 Å². The zero-order valence-electron chi connectivity index (χ0n) is 24.4. The number of aryl methyl sites for hydroxylation is 1. The summed E-state index contributed by atoms with van der Waals surface area (Å²) in [7, 11) is -4.60. The van der Waals surface area contributed by atoms with Crippen molar-refractivity contribution in [2.24, 2.45) is 0 Å². The number of alkyl halides is 8. The molecule has 4 atom stereocenters. The molecule has 46 heavy (non-hydrogen) atoms. The van der Waals surface area contributed by atoms with Gasteiger partial charge in [-0.15, -0.1) is 0 Å². The fourth-order valence-electron chi connectivity index (χ4n) is 6.88. The highest BCUT2D eigenvalue weighted by Gasteiger charge is 2.75. The van der Waals surface area contributed by atoms with Crippen LogP contribution < -0.4 is 0 Å². The highest BCUT2D eigenvalue weighted by atomic mass is 32.2. The normalized spacial score (nSPS) is 25.9. The largest absolute Gasteiger partial charge is 0.437 e. The molecule has 3 aliphatic rings. The molecule has 0 radical (unpaired) electrons. The molecule has 1 aromatic carbocycles. The third-order valence-corrected chi connectivity index (χ3v) is 11.4. The van der Waals surface area contributed by atoms with Gasteiger partial charge in [-0.2, -0.15) is 26.3 Å². The summed E-state index contributed by atoms with van der Waals surface area (Å²) in [6.45, 7) is 1.95. The Bertz CT molecular complexity index is 1630. The summed E-state index contributed by atoms with van der Waals surface area (Å²) in [4.78, 5) is 31.8. The number of carbonyl (C=O) groups is 2. The lowest BCUT2D eigenvalue weighted by Gasteiger charge is -2.43. The van der Waals surface area contributed by atoms with Gasteiger partial charge in [-0.3, -0.25) is 14.6 Å². The van der Waals surface area contributed by atoms with E-state index in [4.69, 9.17) is 0 Å². The lowest BCUT2D eigenvalue weighted by Crippen LogP contribution is -2.56. The van der Waals surface area contributed by atoms with Gasteiger partial charge < -0.3 is 14.9 Å². The molecule has 2 aromatic rings. The number of aliphatic hydroxyl groups is 1. The fourth-order valence-corrected chi connectivity index (χ4v) is 9.25. The van der Waals surface area contributed by atoms with Crippen LogP contribution in [-0.2, 0) is 36.3 Å². The second-order valence-corrected chi connectivity index (χ2v) is 14.6. The van der Waals surface area contributed by atoms with Crippen LogP contribution in [0.1, 0.15) is 50.1 Å². The third-order valence-electron chi connectivity index (χ3n) is 8.87. The molecule has 1 N–H and O–H groups in total. The molecule has 5 rings (SSSR count). The predicted molar refractivity (Wildman–Crippen MR) is 144 cm³/mol. The first kappa shape index (κ1) is 34.0. The highest BCUT2D eigenvalue weighted by Crippen LogP contribution is 2.56. The summed E-state index contributed by atoms with van der Waals surface area (Å²) in [6, 6.07) is 4.91. The number of rotatable bonds is 6. The van der Waals surface area contributed by atoms with E-state index in [1.807, 2.05) is 0 Å². The van der Waals surface area contributed by atoms with Gasteiger partial charge in [0.2, 0.25) is 5.91 Å². The van der Waals surface area contributed by atoms with Crippen molar-refractivity contribution >= 4 is 21.7 Å². The highest BCUT2D eigenvalue weighted by molar-refractivity contribution is 7.92. The van der Waals surface area contributed by atoms with E-state index in [2.05, 4.69) is 4.98 Å². The first-order valence-electron chi connectivity index (χ1n) is 14.2. The van der Waals surface area contributed by atoms with Gasteiger partial charge in [0.05, 0.1) is 22.2 Å². The zero-order valence-corrected chi connectivity index (χ0v) is 25.2. The van der Waals surface area contributed by atoms with E-state index in [0.29, 0.717) is 6.07 Å². The van der Waals surface area contributed by atoms with Crippen molar-refractivity contribution < 1.29 is 58.2 Å². The maximum atomic E-state index is 15.0. The Balaban J connectivity index is 1.65. The van der Waals surface area contributed by atoms with Crippen molar-refractivity contribution in [3.63, 3.8) is 0 Å². The van der Waals surface area contributed by atoms with Gasteiger partial charge in [0.15, 0.2) is 16.0 Å². The van der Waals surface area contributed by atoms with E-state index in [0.717, 1.165) is 9.80 Å². The Hall–Kier alpha value is -3.34. The molecular formula is C29H29F8N3O5S. The Labute approximate surface area is 258 Å². The lowest BCUT2D eigenvalue weighted by atomic mass is 9.80. The van der Waals surface area contributed by atoms with Crippen LogP contribution in [0.3, 0.4) is 0 Å². The zero-order chi connectivity index (χ0) is 34.3. The van der Waals surface area contributed by atoms with Gasteiger partial charge in [0.25, 0.3) is 5.91 Å². The SMILES string of the molecule is CC(C)(O)CN1C(=O)[C@H](F)C[C@H]1C(=O)N1CCC2(S(=O)(=O)c3ccccc3)c3ccc(C(F)(C(F)(F)F)C(F)(F)F)nc3CCC12. The number of aromatic nitrogens is 1. The summed E-state index contributed by atoms with van der Waals surface area (Å²) in [6.07, 6.45) is -16.7. The van der Waals surface area contributed by atoms with Gasteiger partial charge in [-0.25, -0.2) is 17.2 Å². The van der Waals surface area contributed by atoms with Crippen molar-refractivity contribution in [2.75, 3.05) is 13.1 Å². The first-order valence-corrected chi connectivity index (χ1v) is 15.7.